The van der Waals surface area contributed by atoms with Gasteiger partial charge in [-0.05, 0) is 22.0 Å². The molecule has 0 bridgehead atoms. The Hall–Kier alpha value is -1.36. The Morgan fingerprint density at radius 2 is 2.40 bits per heavy atom. The summed E-state index contributed by atoms with van der Waals surface area (Å²) in [6.45, 7) is 1.86. The third kappa shape index (κ3) is 4.12. The predicted octanol–water partition coefficient (Wildman–Crippen LogP) is 1.29. The maximum Gasteiger partial charge on any atom is 0.255 e. The zero-order chi connectivity index (χ0) is 11.3. The van der Waals surface area contributed by atoms with Crippen molar-refractivity contribution in [1.29, 1.82) is 0 Å². The minimum absolute atomic E-state index is 0.0946. The van der Waals surface area contributed by atoms with Crippen LogP contribution >= 0.6 is 15.9 Å². The lowest BCUT2D eigenvalue weighted by Crippen LogP contribution is -2.19. The van der Waals surface area contributed by atoms with Gasteiger partial charge in [-0.2, -0.15) is 0 Å². The SMILES string of the molecule is CC(=O)NCC=Cc1cc(Br)c[nH]c1=O. The Labute approximate surface area is 95.5 Å². The van der Waals surface area contributed by atoms with E-state index in [0.717, 1.165) is 4.47 Å². The molecule has 1 rings (SSSR count). The molecule has 0 fully saturated rings. The highest BCUT2D eigenvalue weighted by atomic mass is 79.9. The summed E-state index contributed by atoms with van der Waals surface area (Å²) >= 11 is 3.25. The van der Waals surface area contributed by atoms with Crippen LogP contribution in [0.2, 0.25) is 0 Å². The van der Waals surface area contributed by atoms with Crippen LogP contribution in [0.25, 0.3) is 6.08 Å². The number of rotatable bonds is 3. The summed E-state index contributed by atoms with van der Waals surface area (Å²) in [7, 11) is 0. The molecule has 0 atom stereocenters. The van der Waals surface area contributed by atoms with Gasteiger partial charge in [0.05, 0.1) is 0 Å². The van der Waals surface area contributed by atoms with Crippen LogP contribution in [0.1, 0.15) is 12.5 Å². The quantitative estimate of drug-likeness (QED) is 0.870. The number of hydrogen-bond acceptors (Lipinski definition) is 2. The van der Waals surface area contributed by atoms with Crippen LogP contribution in [0.5, 0.6) is 0 Å². The second-order valence-corrected chi connectivity index (χ2v) is 3.86. The Morgan fingerprint density at radius 3 is 3.07 bits per heavy atom. The zero-order valence-electron chi connectivity index (χ0n) is 8.21. The number of amides is 1. The molecule has 0 aliphatic carbocycles. The maximum atomic E-state index is 11.3. The molecule has 0 radical (unpaired) electrons. The molecule has 0 aliphatic heterocycles. The number of pyridine rings is 1. The summed E-state index contributed by atoms with van der Waals surface area (Å²) in [6, 6.07) is 1.71. The highest BCUT2D eigenvalue weighted by molar-refractivity contribution is 9.10. The molecule has 2 N–H and O–H groups in total. The Morgan fingerprint density at radius 1 is 1.67 bits per heavy atom. The number of nitrogens with one attached hydrogen (secondary N) is 2. The summed E-state index contributed by atoms with van der Waals surface area (Å²) in [4.78, 5) is 24.4. The van der Waals surface area contributed by atoms with Crippen LogP contribution in [-0.2, 0) is 4.79 Å². The van der Waals surface area contributed by atoms with Crippen LogP contribution in [0, 0.1) is 0 Å². The first-order valence-corrected chi connectivity index (χ1v) is 5.18. The largest absolute Gasteiger partial charge is 0.353 e. The molecule has 0 saturated heterocycles. The van der Waals surface area contributed by atoms with Gasteiger partial charge < -0.3 is 10.3 Å². The van der Waals surface area contributed by atoms with Crippen LogP contribution in [-0.4, -0.2) is 17.4 Å². The van der Waals surface area contributed by atoms with E-state index < -0.39 is 0 Å². The molecular weight excluding hydrogens is 260 g/mol. The minimum atomic E-state index is -0.155. The molecule has 1 amide bonds. The Bertz CT molecular complexity index is 437. The second-order valence-electron chi connectivity index (χ2n) is 2.94. The molecule has 0 aliphatic rings. The third-order valence-corrected chi connectivity index (χ3v) is 2.12. The normalized spacial score (nSPS) is 10.5. The van der Waals surface area contributed by atoms with Crippen molar-refractivity contribution in [3.63, 3.8) is 0 Å². The van der Waals surface area contributed by atoms with E-state index in [-0.39, 0.29) is 11.5 Å². The fraction of sp³-hybridized carbons (Fsp3) is 0.200. The van der Waals surface area contributed by atoms with E-state index in [1.54, 1.807) is 24.4 Å². The van der Waals surface area contributed by atoms with Gasteiger partial charge in [0.25, 0.3) is 5.56 Å². The Balaban J connectivity index is 2.67. The van der Waals surface area contributed by atoms with Crippen molar-refractivity contribution in [2.45, 2.75) is 6.92 Å². The standard InChI is InChI=1S/C10H11BrN2O2/c1-7(14)12-4-2-3-8-5-9(11)6-13-10(8)15/h2-3,5-6H,4H2,1H3,(H,12,14)(H,13,15). The lowest BCUT2D eigenvalue weighted by molar-refractivity contribution is -0.118. The molecule has 0 saturated carbocycles. The van der Waals surface area contributed by atoms with Crippen LogP contribution in [0.3, 0.4) is 0 Å². The molecule has 0 aromatic carbocycles. The summed E-state index contributed by atoms with van der Waals surface area (Å²) < 4.78 is 0.807. The molecular formula is C10H11BrN2O2. The van der Waals surface area contributed by atoms with Crippen molar-refractivity contribution >= 4 is 27.9 Å². The molecule has 0 unspecified atom stereocenters. The third-order valence-electron chi connectivity index (χ3n) is 1.66. The van der Waals surface area contributed by atoms with E-state index >= 15 is 0 Å². The first-order chi connectivity index (χ1) is 7.09. The van der Waals surface area contributed by atoms with Crippen LogP contribution < -0.4 is 10.9 Å². The summed E-state index contributed by atoms with van der Waals surface area (Å²) in [5.74, 6) is -0.0946. The van der Waals surface area contributed by atoms with Gasteiger partial charge in [-0.1, -0.05) is 12.2 Å². The smallest absolute Gasteiger partial charge is 0.255 e. The van der Waals surface area contributed by atoms with E-state index in [4.69, 9.17) is 0 Å². The highest BCUT2D eigenvalue weighted by Gasteiger charge is 1.95. The Kier molecular flexibility index (Phi) is 4.30. The van der Waals surface area contributed by atoms with E-state index in [1.807, 2.05) is 0 Å². The van der Waals surface area contributed by atoms with Gasteiger partial charge in [0.2, 0.25) is 5.91 Å². The number of carbonyl (C=O) groups excluding carboxylic acids is 1. The fourth-order valence-corrected chi connectivity index (χ4v) is 1.35. The fourth-order valence-electron chi connectivity index (χ4n) is 0.986. The summed E-state index contributed by atoms with van der Waals surface area (Å²) in [5, 5.41) is 2.60. The average molecular weight is 271 g/mol. The lowest BCUT2D eigenvalue weighted by Gasteiger charge is -1.95. The molecule has 5 heteroatoms. The van der Waals surface area contributed by atoms with Gasteiger partial charge in [0, 0.05) is 29.7 Å². The monoisotopic (exact) mass is 270 g/mol. The molecule has 1 heterocycles. The van der Waals surface area contributed by atoms with Gasteiger partial charge in [-0.3, -0.25) is 9.59 Å². The molecule has 1 aromatic rings. The topological polar surface area (TPSA) is 62.0 Å². The van der Waals surface area contributed by atoms with E-state index in [2.05, 4.69) is 26.2 Å². The van der Waals surface area contributed by atoms with E-state index in [9.17, 15) is 9.59 Å². The van der Waals surface area contributed by atoms with Gasteiger partial charge in [0.1, 0.15) is 0 Å². The number of hydrogen-bond donors (Lipinski definition) is 2. The van der Waals surface area contributed by atoms with Crippen molar-refractivity contribution in [2.24, 2.45) is 0 Å². The zero-order valence-corrected chi connectivity index (χ0v) is 9.80. The van der Waals surface area contributed by atoms with Crippen molar-refractivity contribution in [2.75, 3.05) is 6.54 Å². The number of halogens is 1. The lowest BCUT2D eigenvalue weighted by atomic mass is 10.2. The van der Waals surface area contributed by atoms with Crippen LogP contribution in [0.4, 0.5) is 0 Å². The second kappa shape index (κ2) is 5.50. The average Bonchev–Trinajstić information content (AvgIpc) is 2.17. The first kappa shape index (κ1) is 11.7. The van der Waals surface area contributed by atoms with Gasteiger partial charge in [-0.25, -0.2) is 0 Å². The van der Waals surface area contributed by atoms with E-state index in [1.165, 1.54) is 6.92 Å². The van der Waals surface area contributed by atoms with Gasteiger partial charge >= 0.3 is 0 Å². The van der Waals surface area contributed by atoms with Crippen LogP contribution in [0.15, 0.2) is 27.6 Å². The van der Waals surface area contributed by atoms with Gasteiger partial charge in [0.15, 0.2) is 0 Å². The minimum Gasteiger partial charge on any atom is -0.353 e. The maximum absolute atomic E-state index is 11.3. The predicted molar refractivity (Wildman–Crippen MR) is 62.5 cm³/mol. The molecule has 4 nitrogen and oxygen atoms in total. The van der Waals surface area contributed by atoms with Crippen molar-refractivity contribution in [3.8, 4) is 0 Å². The molecule has 15 heavy (non-hydrogen) atoms. The van der Waals surface area contributed by atoms with Crippen molar-refractivity contribution in [3.05, 3.63) is 38.7 Å². The molecule has 1 aromatic heterocycles. The summed E-state index contributed by atoms with van der Waals surface area (Å²) in [5.41, 5.74) is 0.395. The molecule has 80 valence electrons. The number of carbonyl (C=O) groups is 1. The van der Waals surface area contributed by atoms with Gasteiger partial charge in [-0.15, -0.1) is 0 Å². The number of H-pyrrole nitrogens is 1. The number of aromatic nitrogens is 1. The highest BCUT2D eigenvalue weighted by Crippen LogP contribution is 2.07. The molecule has 0 spiro atoms. The van der Waals surface area contributed by atoms with Crippen molar-refractivity contribution in [1.82, 2.24) is 10.3 Å². The summed E-state index contributed by atoms with van der Waals surface area (Å²) in [6.07, 6.45) is 4.96. The van der Waals surface area contributed by atoms with Crippen molar-refractivity contribution < 1.29 is 4.79 Å². The first-order valence-electron chi connectivity index (χ1n) is 4.39. The number of aromatic amines is 1. The van der Waals surface area contributed by atoms with E-state index in [0.29, 0.717) is 12.1 Å².